The van der Waals surface area contributed by atoms with Crippen molar-refractivity contribution in [1.82, 2.24) is 19.7 Å². The number of thiophene rings is 1. The van der Waals surface area contributed by atoms with Crippen molar-refractivity contribution in [2.45, 2.75) is 13.8 Å². The second-order valence-electron chi connectivity index (χ2n) is 7.66. The smallest absolute Gasteiger partial charge is 0.276 e. The van der Waals surface area contributed by atoms with Gasteiger partial charge >= 0.3 is 0 Å². The first-order valence-electron chi connectivity index (χ1n) is 10.4. The number of anilines is 1. The molecule has 1 amide bonds. The van der Waals surface area contributed by atoms with Crippen LogP contribution in [-0.4, -0.2) is 25.7 Å². The lowest BCUT2D eigenvalue weighted by Crippen LogP contribution is -2.26. The fraction of sp³-hybridized carbons (Fsp3) is 0.0800. The van der Waals surface area contributed by atoms with Gasteiger partial charge in [0.15, 0.2) is 5.69 Å². The molecule has 3 heterocycles. The van der Waals surface area contributed by atoms with Crippen LogP contribution in [0.1, 0.15) is 21.6 Å². The first kappa shape index (κ1) is 21.5. The highest BCUT2D eigenvalue weighted by Crippen LogP contribution is 2.30. The van der Waals surface area contributed by atoms with Gasteiger partial charge in [-0.15, -0.1) is 11.3 Å². The summed E-state index contributed by atoms with van der Waals surface area (Å²) >= 11 is 1.51. The van der Waals surface area contributed by atoms with E-state index in [1.807, 2.05) is 30.5 Å². The summed E-state index contributed by atoms with van der Waals surface area (Å²) in [5.74, 6) is 0.645. The highest BCUT2D eigenvalue weighted by atomic mass is 32.1. The molecule has 0 saturated carbocycles. The molecule has 5 aromatic rings. The van der Waals surface area contributed by atoms with E-state index in [0.29, 0.717) is 28.6 Å². The predicted molar refractivity (Wildman–Crippen MR) is 131 cm³/mol. The van der Waals surface area contributed by atoms with Crippen LogP contribution in [0.3, 0.4) is 0 Å². The maximum Gasteiger partial charge on any atom is 0.276 e. The molecule has 3 aromatic heterocycles. The van der Waals surface area contributed by atoms with Crippen LogP contribution in [0.25, 0.3) is 15.9 Å². The highest BCUT2D eigenvalue weighted by molar-refractivity contribution is 7.17. The zero-order valence-corrected chi connectivity index (χ0v) is 19.2. The molecule has 0 aliphatic rings. The number of ether oxygens (including phenoxy) is 1. The molecule has 0 aliphatic carbocycles. The molecule has 0 spiro atoms. The van der Waals surface area contributed by atoms with Crippen LogP contribution in [0, 0.1) is 13.8 Å². The van der Waals surface area contributed by atoms with Crippen molar-refractivity contribution in [3.8, 4) is 17.3 Å². The summed E-state index contributed by atoms with van der Waals surface area (Å²) in [6, 6.07) is 17.6. The van der Waals surface area contributed by atoms with E-state index in [-0.39, 0.29) is 11.3 Å². The number of benzene rings is 2. The summed E-state index contributed by atoms with van der Waals surface area (Å²) < 4.78 is 7.99. The van der Waals surface area contributed by atoms with E-state index in [1.54, 1.807) is 43.3 Å². The van der Waals surface area contributed by atoms with Crippen LogP contribution in [-0.2, 0) is 0 Å². The molecule has 2 aromatic carbocycles. The summed E-state index contributed by atoms with van der Waals surface area (Å²) in [5, 5.41) is 9.08. The van der Waals surface area contributed by atoms with E-state index < -0.39 is 5.91 Å². The average molecular weight is 470 g/mol. The fourth-order valence-corrected chi connectivity index (χ4v) is 4.16. The Bertz CT molecular complexity index is 1560. The lowest BCUT2D eigenvalue weighted by molar-refractivity contribution is 0.102. The summed E-state index contributed by atoms with van der Waals surface area (Å²) in [4.78, 5) is 33.8. The molecule has 0 saturated heterocycles. The normalized spacial score (nSPS) is 10.9. The van der Waals surface area contributed by atoms with E-state index in [4.69, 9.17) is 4.74 Å². The van der Waals surface area contributed by atoms with Gasteiger partial charge in [0.05, 0.1) is 11.2 Å². The molecule has 0 atom stereocenters. The molecular weight excluding hydrogens is 450 g/mol. The SMILES string of the molecule is Cc1ccc(-n2nc(C(=O)Nc3ccc(Oc4ncnc5ccsc45)cc3)c(C)cc2=O)cc1. The maximum atomic E-state index is 12.9. The number of carbonyl (C=O) groups excluding carboxylic acids is 1. The third kappa shape index (κ3) is 4.28. The molecule has 0 radical (unpaired) electrons. The van der Waals surface area contributed by atoms with Crippen molar-refractivity contribution in [2.24, 2.45) is 0 Å². The molecule has 0 aliphatic heterocycles. The molecule has 1 N–H and O–H groups in total. The van der Waals surface area contributed by atoms with E-state index in [1.165, 1.54) is 28.4 Å². The minimum atomic E-state index is -0.414. The van der Waals surface area contributed by atoms with Crippen molar-refractivity contribution >= 4 is 33.1 Å². The summed E-state index contributed by atoms with van der Waals surface area (Å²) in [5.41, 5.74) is 3.41. The van der Waals surface area contributed by atoms with Gasteiger partial charge in [0.1, 0.15) is 16.8 Å². The van der Waals surface area contributed by atoms with Crippen molar-refractivity contribution in [3.05, 3.63) is 99.5 Å². The van der Waals surface area contributed by atoms with E-state index in [9.17, 15) is 9.59 Å². The second-order valence-corrected chi connectivity index (χ2v) is 8.57. The number of hydrogen-bond acceptors (Lipinski definition) is 7. The highest BCUT2D eigenvalue weighted by Gasteiger charge is 2.15. The Morgan fingerprint density at radius 3 is 2.53 bits per heavy atom. The van der Waals surface area contributed by atoms with Gasteiger partial charge in [-0.2, -0.15) is 9.78 Å². The monoisotopic (exact) mass is 469 g/mol. The number of aryl methyl sites for hydroxylation is 2. The summed E-state index contributed by atoms with van der Waals surface area (Å²) in [6.45, 7) is 3.65. The van der Waals surface area contributed by atoms with Crippen LogP contribution in [0.5, 0.6) is 11.6 Å². The summed E-state index contributed by atoms with van der Waals surface area (Å²) in [7, 11) is 0. The molecular formula is C25H19N5O3S. The molecule has 9 heteroatoms. The van der Waals surface area contributed by atoms with E-state index >= 15 is 0 Å². The minimum absolute atomic E-state index is 0.168. The predicted octanol–water partition coefficient (Wildman–Crippen LogP) is 4.90. The van der Waals surface area contributed by atoms with Gasteiger partial charge < -0.3 is 10.1 Å². The average Bonchev–Trinajstić information content (AvgIpc) is 3.31. The molecule has 0 unspecified atom stereocenters. The zero-order valence-electron chi connectivity index (χ0n) is 18.4. The lowest BCUT2D eigenvalue weighted by Gasteiger charge is -2.11. The van der Waals surface area contributed by atoms with Crippen LogP contribution in [0.2, 0.25) is 0 Å². The Morgan fingerprint density at radius 1 is 1.00 bits per heavy atom. The lowest BCUT2D eigenvalue weighted by atomic mass is 10.2. The first-order valence-corrected chi connectivity index (χ1v) is 11.3. The van der Waals surface area contributed by atoms with Crippen LogP contribution in [0.15, 0.2) is 77.2 Å². The molecule has 168 valence electrons. The van der Waals surface area contributed by atoms with Gasteiger partial charge in [0.2, 0.25) is 5.88 Å². The molecule has 0 bridgehead atoms. The van der Waals surface area contributed by atoms with Crippen LogP contribution >= 0.6 is 11.3 Å². The Kier molecular flexibility index (Phi) is 5.60. The van der Waals surface area contributed by atoms with Gasteiger partial charge in [0.25, 0.3) is 11.5 Å². The number of nitrogens with zero attached hydrogens (tertiary/aromatic N) is 4. The number of carbonyl (C=O) groups is 1. The Morgan fingerprint density at radius 2 is 1.76 bits per heavy atom. The van der Waals surface area contributed by atoms with Gasteiger partial charge in [-0.25, -0.2) is 9.97 Å². The number of fused-ring (bicyclic) bond motifs is 1. The topological polar surface area (TPSA) is 99.0 Å². The molecule has 5 rings (SSSR count). The van der Waals surface area contributed by atoms with Gasteiger partial charge in [-0.1, -0.05) is 17.7 Å². The first-order chi connectivity index (χ1) is 16.5. The third-order valence-corrected chi connectivity index (χ3v) is 6.04. The Balaban J connectivity index is 1.35. The summed E-state index contributed by atoms with van der Waals surface area (Å²) in [6.07, 6.45) is 1.46. The fourth-order valence-electron chi connectivity index (χ4n) is 3.39. The number of nitrogens with one attached hydrogen (secondary N) is 1. The van der Waals surface area contributed by atoms with Gasteiger partial charge in [-0.05, 0) is 67.3 Å². The van der Waals surface area contributed by atoms with Crippen LogP contribution in [0.4, 0.5) is 5.69 Å². The van der Waals surface area contributed by atoms with Gasteiger partial charge in [0, 0.05) is 11.8 Å². The maximum absolute atomic E-state index is 12.9. The Hall–Kier alpha value is -4.37. The van der Waals surface area contributed by atoms with Crippen molar-refractivity contribution in [1.29, 1.82) is 0 Å². The van der Waals surface area contributed by atoms with Crippen molar-refractivity contribution in [3.63, 3.8) is 0 Å². The third-order valence-electron chi connectivity index (χ3n) is 5.15. The second kappa shape index (κ2) is 8.87. The quantitative estimate of drug-likeness (QED) is 0.393. The van der Waals surface area contributed by atoms with E-state index in [0.717, 1.165) is 15.8 Å². The zero-order chi connectivity index (χ0) is 23.7. The van der Waals surface area contributed by atoms with Crippen LogP contribution < -0.4 is 15.6 Å². The number of hydrogen-bond donors (Lipinski definition) is 1. The largest absolute Gasteiger partial charge is 0.437 e. The number of amides is 1. The number of rotatable bonds is 5. The van der Waals surface area contributed by atoms with E-state index in [2.05, 4.69) is 20.4 Å². The standard InChI is InChI=1S/C25H19N5O3S/c1-15-3-7-18(8-4-15)30-21(31)13-16(2)22(29-30)24(32)28-17-5-9-19(10-6-17)33-25-23-20(11-12-34-23)26-14-27-25/h3-14H,1-2H3,(H,28,32). The molecule has 8 nitrogen and oxygen atoms in total. The minimum Gasteiger partial charge on any atom is -0.437 e. The molecule has 0 fully saturated rings. The van der Waals surface area contributed by atoms with Crippen molar-refractivity contribution in [2.75, 3.05) is 5.32 Å². The van der Waals surface area contributed by atoms with Gasteiger partial charge in [-0.3, -0.25) is 9.59 Å². The molecule has 34 heavy (non-hydrogen) atoms. The van der Waals surface area contributed by atoms with Crippen molar-refractivity contribution < 1.29 is 9.53 Å². The Labute approximate surface area is 198 Å². The number of aromatic nitrogens is 4.